The van der Waals surface area contributed by atoms with Gasteiger partial charge < -0.3 is 0 Å². The number of nitrogens with zero attached hydrogens (tertiary/aromatic N) is 1. The molecule has 2 amide bonds. The third kappa shape index (κ3) is 1.67. The number of hydrogen-bond acceptors (Lipinski definition) is 2. The fourth-order valence-electron chi connectivity index (χ4n) is 4.30. The molecule has 4 heteroatoms. The van der Waals surface area contributed by atoms with Crippen molar-refractivity contribution < 1.29 is 9.59 Å². The summed E-state index contributed by atoms with van der Waals surface area (Å²) in [4.78, 5) is 27.3. The zero-order chi connectivity index (χ0) is 15.6. The van der Waals surface area contributed by atoms with Crippen molar-refractivity contribution in [3.8, 4) is 0 Å². The lowest BCUT2D eigenvalue weighted by Gasteiger charge is -2.20. The van der Waals surface area contributed by atoms with Crippen molar-refractivity contribution >= 4 is 40.1 Å². The van der Waals surface area contributed by atoms with Crippen LogP contribution in [0.1, 0.15) is 13.8 Å². The summed E-state index contributed by atoms with van der Waals surface area (Å²) in [5, 5.41) is 0. The number of imide groups is 1. The first-order chi connectivity index (χ1) is 10.5. The Bertz CT molecular complexity index is 726. The Kier molecular flexibility index (Phi) is 3.08. The van der Waals surface area contributed by atoms with E-state index < -0.39 is 0 Å². The minimum atomic E-state index is -0.205. The molecule has 4 atom stereocenters. The van der Waals surface area contributed by atoms with E-state index in [1.165, 1.54) is 16.0 Å². The lowest BCUT2D eigenvalue weighted by molar-refractivity contribution is -0.122. The fraction of sp³-hybridized carbons (Fsp3) is 0.333. The number of rotatable bonds is 1. The third-order valence-corrected chi connectivity index (χ3v) is 6.00. The van der Waals surface area contributed by atoms with Crippen LogP contribution in [0.5, 0.6) is 0 Å². The number of allylic oxidation sites excluding steroid dienone is 4. The minimum absolute atomic E-state index is 0.0327. The van der Waals surface area contributed by atoms with E-state index in [0.29, 0.717) is 0 Å². The SMILES string of the molecule is CC(C)=C1[C@@H]2C=C[C@@H]1[C@@H]1C(=O)N(c3ccccc3I)C(=O)[C@H]12. The summed E-state index contributed by atoms with van der Waals surface area (Å²) in [6.45, 7) is 4.16. The Morgan fingerprint density at radius 3 is 2.05 bits per heavy atom. The molecule has 0 N–H and O–H groups in total. The third-order valence-electron chi connectivity index (χ3n) is 5.09. The standard InChI is InChI=1S/C18H16INO2/c1-9(2)14-10-7-8-11(14)16-15(10)17(21)20(18(16)22)13-6-4-3-5-12(13)19/h3-8,10-11,15-16H,1-2H3/t10-,11-,15-,16-/m0/s1. The van der Waals surface area contributed by atoms with E-state index >= 15 is 0 Å². The zero-order valence-electron chi connectivity index (χ0n) is 12.4. The predicted molar refractivity (Wildman–Crippen MR) is 93.1 cm³/mol. The monoisotopic (exact) mass is 405 g/mol. The smallest absolute Gasteiger partial charge is 0.238 e. The first kappa shape index (κ1) is 14.2. The first-order valence-electron chi connectivity index (χ1n) is 7.50. The maximum absolute atomic E-state index is 13.0. The number of carbonyl (C=O) groups is 2. The second-order valence-electron chi connectivity index (χ2n) is 6.41. The molecule has 112 valence electrons. The Morgan fingerprint density at radius 2 is 1.55 bits per heavy atom. The van der Waals surface area contributed by atoms with Gasteiger partial charge in [-0.25, -0.2) is 4.90 Å². The maximum atomic E-state index is 13.0. The van der Waals surface area contributed by atoms with Gasteiger partial charge in [-0.15, -0.1) is 0 Å². The highest BCUT2D eigenvalue weighted by Gasteiger charge is 2.62. The molecule has 0 unspecified atom stereocenters. The molecular weight excluding hydrogens is 389 g/mol. The van der Waals surface area contributed by atoms with E-state index in [-0.39, 0.29) is 35.5 Å². The molecule has 2 fully saturated rings. The summed E-state index contributed by atoms with van der Waals surface area (Å²) in [5.41, 5.74) is 3.26. The van der Waals surface area contributed by atoms with E-state index in [1.807, 2.05) is 24.3 Å². The molecule has 0 spiro atoms. The molecule has 1 aromatic rings. The summed E-state index contributed by atoms with van der Waals surface area (Å²) in [6, 6.07) is 7.58. The Hall–Kier alpha value is -1.43. The van der Waals surface area contributed by atoms with Crippen LogP contribution in [0.4, 0.5) is 5.69 Å². The van der Waals surface area contributed by atoms with Gasteiger partial charge in [0.2, 0.25) is 11.8 Å². The number of hydrogen-bond donors (Lipinski definition) is 0. The number of carbonyl (C=O) groups excluding carboxylic acids is 2. The molecule has 1 heterocycles. The van der Waals surface area contributed by atoms with Crippen LogP contribution in [0, 0.1) is 27.2 Å². The van der Waals surface area contributed by atoms with Crippen molar-refractivity contribution in [3.05, 3.63) is 51.1 Å². The predicted octanol–water partition coefficient (Wildman–Crippen LogP) is 3.55. The van der Waals surface area contributed by atoms with Crippen LogP contribution in [0.3, 0.4) is 0 Å². The molecule has 0 aromatic heterocycles. The molecule has 1 aliphatic heterocycles. The van der Waals surface area contributed by atoms with E-state index in [9.17, 15) is 9.59 Å². The van der Waals surface area contributed by atoms with Crippen molar-refractivity contribution in [1.29, 1.82) is 0 Å². The molecule has 4 rings (SSSR count). The molecule has 1 saturated heterocycles. The van der Waals surface area contributed by atoms with Crippen LogP contribution in [-0.2, 0) is 9.59 Å². The van der Waals surface area contributed by atoms with E-state index in [4.69, 9.17) is 0 Å². The Labute approximate surface area is 143 Å². The molecule has 1 saturated carbocycles. The molecule has 2 bridgehead atoms. The maximum Gasteiger partial charge on any atom is 0.238 e. The van der Waals surface area contributed by atoms with Gasteiger partial charge in [-0.1, -0.05) is 35.4 Å². The number of benzene rings is 1. The highest BCUT2D eigenvalue weighted by atomic mass is 127. The highest BCUT2D eigenvalue weighted by molar-refractivity contribution is 14.1. The summed E-state index contributed by atoms with van der Waals surface area (Å²) in [5.74, 6) is -0.248. The van der Waals surface area contributed by atoms with Gasteiger partial charge in [-0.3, -0.25) is 9.59 Å². The van der Waals surface area contributed by atoms with Crippen molar-refractivity contribution in [2.45, 2.75) is 13.8 Å². The van der Waals surface area contributed by atoms with E-state index in [2.05, 4.69) is 48.6 Å². The molecule has 22 heavy (non-hydrogen) atoms. The van der Waals surface area contributed by atoms with Gasteiger partial charge >= 0.3 is 0 Å². The number of anilines is 1. The second kappa shape index (κ2) is 4.78. The summed E-state index contributed by atoms with van der Waals surface area (Å²) in [7, 11) is 0. The molecule has 2 aliphatic carbocycles. The second-order valence-corrected chi connectivity index (χ2v) is 7.57. The molecule has 0 radical (unpaired) electrons. The van der Waals surface area contributed by atoms with Crippen LogP contribution >= 0.6 is 22.6 Å². The van der Waals surface area contributed by atoms with Crippen LogP contribution in [0.2, 0.25) is 0 Å². The van der Waals surface area contributed by atoms with Gasteiger partial charge in [0.15, 0.2) is 0 Å². The lowest BCUT2D eigenvalue weighted by atomic mass is 9.85. The topological polar surface area (TPSA) is 37.4 Å². The summed E-state index contributed by atoms with van der Waals surface area (Å²) >= 11 is 2.18. The molecule has 1 aromatic carbocycles. The minimum Gasteiger partial charge on any atom is -0.274 e. The molecular formula is C18H16INO2. The summed E-state index contributed by atoms with van der Waals surface area (Å²) in [6.07, 6.45) is 4.25. The number of para-hydroxylation sites is 1. The van der Waals surface area contributed by atoms with E-state index in [1.54, 1.807) is 0 Å². The van der Waals surface area contributed by atoms with Gasteiger partial charge in [-0.2, -0.15) is 0 Å². The van der Waals surface area contributed by atoms with Crippen LogP contribution < -0.4 is 4.90 Å². The quantitative estimate of drug-likeness (QED) is 0.407. The first-order valence-corrected chi connectivity index (χ1v) is 8.58. The van der Waals surface area contributed by atoms with Gasteiger partial charge in [0.1, 0.15) is 0 Å². The largest absolute Gasteiger partial charge is 0.274 e. The van der Waals surface area contributed by atoms with Crippen molar-refractivity contribution in [2.75, 3.05) is 4.90 Å². The highest BCUT2D eigenvalue weighted by Crippen LogP contribution is 2.57. The number of halogens is 1. The van der Waals surface area contributed by atoms with Crippen LogP contribution in [-0.4, -0.2) is 11.8 Å². The average molecular weight is 405 g/mol. The fourth-order valence-corrected chi connectivity index (χ4v) is 4.93. The Balaban J connectivity index is 1.80. The normalized spacial score (nSPS) is 32.1. The Morgan fingerprint density at radius 1 is 1.00 bits per heavy atom. The summed E-state index contributed by atoms with van der Waals surface area (Å²) < 4.78 is 0.935. The molecule has 3 aliphatic rings. The van der Waals surface area contributed by atoms with Crippen molar-refractivity contribution in [2.24, 2.45) is 23.7 Å². The van der Waals surface area contributed by atoms with Gasteiger partial charge in [-0.05, 0) is 48.6 Å². The van der Waals surface area contributed by atoms with Crippen LogP contribution in [0.15, 0.2) is 47.6 Å². The number of fused-ring (bicyclic) bond motifs is 5. The number of amides is 2. The molecule has 3 nitrogen and oxygen atoms in total. The van der Waals surface area contributed by atoms with Crippen molar-refractivity contribution in [1.82, 2.24) is 0 Å². The van der Waals surface area contributed by atoms with Gasteiger partial charge in [0.05, 0.1) is 17.5 Å². The van der Waals surface area contributed by atoms with Gasteiger partial charge in [0, 0.05) is 15.4 Å². The van der Waals surface area contributed by atoms with E-state index in [0.717, 1.165) is 9.26 Å². The zero-order valence-corrected chi connectivity index (χ0v) is 14.6. The van der Waals surface area contributed by atoms with Crippen molar-refractivity contribution in [3.63, 3.8) is 0 Å². The van der Waals surface area contributed by atoms with Gasteiger partial charge in [0.25, 0.3) is 0 Å². The lowest BCUT2D eigenvalue weighted by Crippen LogP contribution is -2.33. The average Bonchev–Trinajstić information content (AvgIpc) is 3.11. The van der Waals surface area contributed by atoms with Crippen LogP contribution in [0.25, 0.3) is 0 Å².